The summed E-state index contributed by atoms with van der Waals surface area (Å²) >= 11 is 5.11. The Morgan fingerprint density at radius 2 is 2.18 bits per heavy atom. The molecular formula is C6H11ClO4. The van der Waals surface area contributed by atoms with E-state index in [-0.39, 0.29) is 12.7 Å². The summed E-state index contributed by atoms with van der Waals surface area (Å²) in [6.07, 6.45) is 0. The Hall–Kier alpha value is -0.320. The number of carbonyl (C=O) groups is 1. The molecule has 5 heteroatoms. The van der Waals surface area contributed by atoms with Crippen LogP contribution in [0.3, 0.4) is 0 Å². The normalized spacial score (nSPS) is 9.64. The van der Waals surface area contributed by atoms with Crippen molar-refractivity contribution < 1.29 is 19.0 Å². The lowest BCUT2D eigenvalue weighted by atomic mass is 10.7. The average molecular weight is 183 g/mol. The number of ether oxygens (including phenoxy) is 3. The van der Waals surface area contributed by atoms with Crippen LogP contribution in [0.5, 0.6) is 0 Å². The van der Waals surface area contributed by atoms with Crippen LogP contribution in [0.15, 0.2) is 0 Å². The highest BCUT2D eigenvalue weighted by Crippen LogP contribution is 1.83. The lowest BCUT2D eigenvalue weighted by Gasteiger charge is -2.01. The van der Waals surface area contributed by atoms with Gasteiger partial charge in [0.2, 0.25) is 0 Å². The van der Waals surface area contributed by atoms with E-state index in [0.717, 1.165) is 0 Å². The molecule has 11 heavy (non-hydrogen) atoms. The summed E-state index contributed by atoms with van der Waals surface area (Å²) in [6.45, 7) is 0.776. The van der Waals surface area contributed by atoms with Gasteiger partial charge in [0.25, 0.3) is 0 Å². The molecule has 0 atom stereocenters. The van der Waals surface area contributed by atoms with Gasteiger partial charge in [-0.2, -0.15) is 0 Å². The molecular weight excluding hydrogens is 172 g/mol. The van der Waals surface area contributed by atoms with Gasteiger partial charge in [0, 0.05) is 7.11 Å². The van der Waals surface area contributed by atoms with Crippen molar-refractivity contribution in [3.63, 3.8) is 0 Å². The first-order valence-electron chi connectivity index (χ1n) is 3.09. The van der Waals surface area contributed by atoms with E-state index in [2.05, 4.69) is 9.47 Å². The van der Waals surface area contributed by atoms with Crippen molar-refractivity contribution in [2.75, 3.05) is 33.0 Å². The molecule has 0 rings (SSSR count). The van der Waals surface area contributed by atoms with E-state index in [0.29, 0.717) is 13.2 Å². The van der Waals surface area contributed by atoms with Gasteiger partial charge >= 0.3 is 5.97 Å². The van der Waals surface area contributed by atoms with Crippen LogP contribution in [0.2, 0.25) is 0 Å². The summed E-state index contributed by atoms with van der Waals surface area (Å²) in [5.74, 6) is -0.462. The van der Waals surface area contributed by atoms with Gasteiger partial charge in [-0.05, 0) is 0 Å². The van der Waals surface area contributed by atoms with Crippen molar-refractivity contribution in [2.45, 2.75) is 0 Å². The molecule has 0 heterocycles. The Morgan fingerprint density at radius 3 is 2.73 bits per heavy atom. The van der Waals surface area contributed by atoms with Crippen LogP contribution in [0.1, 0.15) is 0 Å². The van der Waals surface area contributed by atoms with Gasteiger partial charge in [-0.15, -0.1) is 0 Å². The van der Waals surface area contributed by atoms with Crippen molar-refractivity contribution >= 4 is 17.6 Å². The Kier molecular flexibility index (Phi) is 7.56. The molecule has 0 saturated heterocycles. The van der Waals surface area contributed by atoms with Crippen molar-refractivity contribution in [3.05, 3.63) is 0 Å². The fourth-order valence-electron chi connectivity index (χ4n) is 0.400. The molecule has 0 bridgehead atoms. The first-order valence-corrected chi connectivity index (χ1v) is 3.63. The molecule has 0 aromatic heterocycles. The van der Waals surface area contributed by atoms with Gasteiger partial charge in [0.1, 0.15) is 6.61 Å². The van der Waals surface area contributed by atoms with Crippen molar-refractivity contribution in [2.24, 2.45) is 0 Å². The van der Waals surface area contributed by atoms with E-state index in [1.54, 1.807) is 7.11 Å². The minimum absolute atomic E-state index is 0.0733. The Morgan fingerprint density at radius 1 is 1.45 bits per heavy atom. The SMILES string of the molecule is COCCOCC(=O)OCCl. The number of alkyl halides is 1. The molecule has 66 valence electrons. The summed E-state index contributed by atoms with van der Waals surface area (Å²) in [4.78, 5) is 10.5. The molecule has 0 N–H and O–H groups in total. The summed E-state index contributed by atoms with van der Waals surface area (Å²) in [5, 5.41) is 0. The molecule has 0 radical (unpaired) electrons. The fourth-order valence-corrected chi connectivity index (χ4v) is 0.522. The van der Waals surface area contributed by atoms with Crippen LogP contribution in [0.4, 0.5) is 0 Å². The van der Waals surface area contributed by atoms with E-state index in [9.17, 15) is 4.79 Å². The Balaban J connectivity index is 3.04. The molecule has 0 aromatic rings. The topological polar surface area (TPSA) is 44.8 Å². The number of carbonyl (C=O) groups excluding carboxylic acids is 1. The smallest absolute Gasteiger partial charge is 0.333 e. The summed E-state index contributed by atoms with van der Waals surface area (Å²) < 4.78 is 13.9. The van der Waals surface area contributed by atoms with E-state index in [4.69, 9.17) is 16.3 Å². The lowest BCUT2D eigenvalue weighted by Crippen LogP contribution is -2.14. The summed E-state index contributed by atoms with van der Waals surface area (Å²) in [5.41, 5.74) is 0. The molecule has 0 saturated carbocycles. The largest absolute Gasteiger partial charge is 0.448 e. The molecule has 0 fully saturated rings. The van der Waals surface area contributed by atoms with Crippen LogP contribution in [-0.2, 0) is 19.0 Å². The zero-order valence-electron chi connectivity index (χ0n) is 6.34. The van der Waals surface area contributed by atoms with Gasteiger partial charge < -0.3 is 14.2 Å². The monoisotopic (exact) mass is 182 g/mol. The maximum absolute atomic E-state index is 10.5. The molecule has 0 aromatic carbocycles. The van der Waals surface area contributed by atoms with E-state index in [1.165, 1.54) is 0 Å². The van der Waals surface area contributed by atoms with Gasteiger partial charge in [-0.1, -0.05) is 11.6 Å². The van der Waals surface area contributed by atoms with Crippen molar-refractivity contribution in [3.8, 4) is 0 Å². The highest BCUT2D eigenvalue weighted by Gasteiger charge is 1.99. The van der Waals surface area contributed by atoms with Crippen LogP contribution in [-0.4, -0.2) is 39.0 Å². The average Bonchev–Trinajstić information content (AvgIpc) is 1.99. The molecule has 0 amide bonds. The predicted molar refractivity (Wildman–Crippen MR) is 39.5 cm³/mol. The third kappa shape index (κ3) is 7.58. The second kappa shape index (κ2) is 7.78. The lowest BCUT2D eigenvalue weighted by molar-refractivity contribution is -0.147. The number of hydrogen-bond donors (Lipinski definition) is 0. The van der Waals surface area contributed by atoms with Crippen molar-refractivity contribution in [1.82, 2.24) is 0 Å². The summed E-state index contributed by atoms with van der Waals surface area (Å²) in [7, 11) is 1.56. The maximum atomic E-state index is 10.5. The van der Waals surface area contributed by atoms with Crippen LogP contribution >= 0.6 is 11.6 Å². The predicted octanol–water partition coefficient (Wildman–Crippen LogP) is 0.389. The van der Waals surface area contributed by atoms with Gasteiger partial charge in [0.05, 0.1) is 13.2 Å². The quantitative estimate of drug-likeness (QED) is 0.339. The molecule has 4 nitrogen and oxygen atoms in total. The van der Waals surface area contributed by atoms with Gasteiger partial charge in [-0.3, -0.25) is 0 Å². The number of rotatable bonds is 6. The number of esters is 1. The fraction of sp³-hybridized carbons (Fsp3) is 0.833. The van der Waals surface area contributed by atoms with E-state index in [1.807, 2.05) is 0 Å². The van der Waals surface area contributed by atoms with Gasteiger partial charge in [-0.25, -0.2) is 4.79 Å². The minimum atomic E-state index is -0.462. The van der Waals surface area contributed by atoms with E-state index >= 15 is 0 Å². The minimum Gasteiger partial charge on any atom is -0.448 e. The number of hydrogen-bond acceptors (Lipinski definition) is 4. The first kappa shape index (κ1) is 10.7. The van der Waals surface area contributed by atoms with E-state index < -0.39 is 5.97 Å². The standard InChI is InChI=1S/C6H11ClO4/c1-9-2-3-10-4-6(8)11-5-7/h2-5H2,1H3. The molecule has 0 unspecified atom stereocenters. The first-order chi connectivity index (χ1) is 5.31. The molecule has 0 aliphatic heterocycles. The third-order valence-electron chi connectivity index (χ3n) is 0.867. The number of halogens is 1. The maximum Gasteiger partial charge on any atom is 0.333 e. The Bertz CT molecular complexity index is 107. The zero-order valence-corrected chi connectivity index (χ0v) is 7.10. The highest BCUT2D eigenvalue weighted by molar-refractivity contribution is 6.17. The molecule has 0 aliphatic carbocycles. The summed E-state index contributed by atoms with van der Waals surface area (Å²) in [6, 6.07) is -0.132. The third-order valence-corrected chi connectivity index (χ3v) is 0.976. The van der Waals surface area contributed by atoms with Crippen LogP contribution in [0.25, 0.3) is 0 Å². The van der Waals surface area contributed by atoms with Crippen LogP contribution < -0.4 is 0 Å². The van der Waals surface area contributed by atoms with Gasteiger partial charge in [0.15, 0.2) is 6.07 Å². The second-order valence-corrected chi connectivity index (χ2v) is 1.89. The van der Waals surface area contributed by atoms with Crippen LogP contribution in [0, 0.1) is 0 Å². The molecule has 0 spiro atoms. The highest BCUT2D eigenvalue weighted by atomic mass is 35.5. The Labute approximate surface area is 70.4 Å². The second-order valence-electron chi connectivity index (χ2n) is 1.67. The zero-order chi connectivity index (χ0) is 8.53. The number of methoxy groups -OCH3 is 1. The van der Waals surface area contributed by atoms with Crippen molar-refractivity contribution in [1.29, 1.82) is 0 Å². The molecule has 0 aliphatic rings.